The molecule has 1 saturated carbocycles. The molecule has 2 nitrogen and oxygen atoms in total. The van der Waals surface area contributed by atoms with Gasteiger partial charge in [0.2, 0.25) is 0 Å². The molecule has 0 heterocycles. The monoisotopic (exact) mass is 265 g/mol. The molecule has 1 unspecified atom stereocenters. The molecule has 1 atom stereocenters. The predicted molar refractivity (Wildman–Crippen MR) is 77.0 cm³/mol. The number of aryl methyl sites for hydroxylation is 1. The molecule has 2 rings (SSSR count). The zero-order valence-corrected chi connectivity index (χ0v) is 12.3. The van der Waals surface area contributed by atoms with Crippen LogP contribution < -0.4 is 4.90 Å². The molecule has 19 heavy (non-hydrogen) atoms. The van der Waals surface area contributed by atoms with Crippen molar-refractivity contribution in [1.29, 1.82) is 0 Å². The van der Waals surface area contributed by atoms with Crippen LogP contribution in [0.5, 0.6) is 0 Å². The van der Waals surface area contributed by atoms with E-state index in [0.717, 1.165) is 18.2 Å². The van der Waals surface area contributed by atoms with Gasteiger partial charge in [-0.15, -0.1) is 0 Å². The first-order chi connectivity index (χ1) is 8.90. The maximum atomic E-state index is 13.7. The van der Waals surface area contributed by atoms with Crippen molar-refractivity contribution in [2.75, 3.05) is 11.4 Å². The van der Waals surface area contributed by atoms with Crippen molar-refractivity contribution in [3.05, 3.63) is 29.1 Å². The van der Waals surface area contributed by atoms with Crippen molar-refractivity contribution in [3.8, 4) is 0 Å². The van der Waals surface area contributed by atoms with Crippen molar-refractivity contribution < 1.29 is 9.50 Å². The Morgan fingerprint density at radius 3 is 2.42 bits per heavy atom. The van der Waals surface area contributed by atoms with Crippen LogP contribution in [0.25, 0.3) is 0 Å². The summed E-state index contributed by atoms with van der Waals surface area (Å²) in [6.07, 6.45) is 1.92. The van der Waals surface area contributed by atoms with Crippen LogP contribution in [0.1, 0.15) is 50.8 Å². The van der Waals surface area contributed by atoms with Gasteiger partial charge < -0.3 is 10.0 Å². The Hall–Kier alpha value is -1.09. The Kier molecular flexibility index (Phi) is 4.14. The second-order valence-electron chi connectivity index (χ2n) is 6.03. The normalized spacial score (nSPS) is 16.8. The van der Waals surface area contributed by atoms with Gasteiger partial charge in [0.15, 0.2) is 0 Å². The molecular formula is C16H24FNO. The Morgan fingerprint density at radius 2 is 1.95 bits per heavy atom. The number of aliphatic hydroxyl groups excluding tert-OH is 1. The lowest BCUT2D eigenvalue weighted by Gasteiger charge is -2.32. The minimum Gasteiger partial charge on any atom is -0.389 e. The SMILES string of the molecule is Cc1cc(N(CC2CC2)C(C)C)c(C(C)O)cc1F. The molecule has 0 aromatic heterocycles. The first kappa shape index (κ1) is 14.3. The third-order valence-corrected chi connectivity index (χ3v) is 3.84. The van der Waals surface area contributed by atoms with Gasteiger partial charge in [0.25, 0.3) is 0 Å². The van der Waals surface area contributed by atoms with E-state index in [-0.39, 0.29) is 5.82 Å². The third-order valence-electron chi connectivity index (χ3n) is 3.84. The van der Waals surface area contributed by atoms with E-state index in [0.29, 0.717) is 17.2 Å². The largest absolute Gasteiger partial charge is 0.389 e. The summed E-state index contributed by atoms with van der Waals surface area (Å²) in [7, 11) is 0. The van der Waals surface area contributed by atoms with E-state index in [1.165, 1.54) is 18.9 Å². The molecule has 106 valence electrons. The van der Waals surface area contributed by atoms with Gasteiger partial charge in [0.1, 0.15) is 5.82 Å². The van der Waals surface area contributed by atoms with E-state index in [1.807, 2.05) is 6.07 Å². The lowest BCUT2D eigenvalue weighted by Crippen LogP contribution is -2.34. The fraction of sp³-hybridized carbons (Fsp3) is 0.625. The van der Waals surface area contributed by atoms with E-state index in [2.05, 4.69) is 18.7 Å². The van der Waals surface area contributed by atoms with Gasteiger partial charge >= 0.3 is 0 Å². The van der Waals surface area contributed by atoms with Crippen LogP contribution in [-0.4, -0.2) is 17.7 Å². The van der Waals surface area contributed by atoms with Gasteiger partial charge in [0, 0.05) is 23.8 Å². The molecular weight excluding hydrogens is 241 g/mol. The minimum absolute atomic E-state index is 0.241. The molecule has 0 aliphatic heterocycles. The number of halogens is 1. The first-order valence-corrected chi connectivity index (χ1v) is 7.15. The summed E-state index contributed by atoms with van der Waals surface area (Å²) < 4.78 is 13.7. The van der Waals surface area contributed by atoms with Crippen LogP contribution in [0.15, 0.2) is 12.1 Å². The number of rotatable bonds is 5. The van der Waals surface area contributed by atoms with Gasteiger partial charge in [-0.25, -0.2) is 4.39 Å². The highest BCUT2D eigenvalue weighted by Crippen LogP contribution is 2.36. The van der Waals surface area contributed by atoms with Crippen LogP contribution in [-0.2, 0) is 0 Å². The summed E-state index contributed by atoms with van der Waals surface area (Å²) in [6, 6.07) is 3.71. The van der Waals surface area contributed by atoms with Gasteiger partial charge in [-0.3, -0.25) is 0 Å². The molecule has 0 amide bonds. The molecule has 0 spiro atoms. The molecule has 3 heteroatoms. The molecule has 1 aliphatic rings. The Balaban J connectivity index is 2.41. The van der Waals surface area contributed by atoms with Crippen molar-refractivity contribution in [1.82, 2.24) is 0 Å². The molecule has 1 aromatic carbocycles. The van der Waals surface area contributed by atoms with Crippen LogP contribution >= 0.6 is 0 Å². The maximum absolute atomic E-state index is 13.7. The summed E-state index contributed by atoms with van der Waals surface area (Å²) in [4.78, 5) is 2.30. The van der Waals surface area contributed by atoms with E-state index in [9.17, 15) is 9.50 Å². The molecule has 0 bridgehead atoms. The summed E-state index contributed by atoms with van der Waals surface area (Å²) in [5, 5.41) is 9.91. The smallest absolute Gasteiger partial charge is 0.126 e. The topological polar surface area (TPSA) is 23.5 Å². The average molecular weight is 265 g/mol. The highest BCUT2D eigenvalue weighted by atomic mass is 19.1. The first-order valence-electron chi connectivity index (χ1n) is 7.15. The van der Waals surface area contributed by atoms with Crippen molar-refractivity contribution in [2.45, 2.75) is 52.7 Å². The van der Waals surface area contributed by atoms with Gasteiger partial charge in [-0.05, 0) is 64.2 Å². The van der Waals surface area contributed by atoms with E-state index in [4.69, 9.17) is 0 Å². The number of nitrogens with zero attached hydrogens (tertiary/aromatic N) is 1. The van der Waals surface area contributed by atoms with Crippen LogP contribution in [0.2, 0.25) is 0 Å². The minimum atomic E-state index is -0.648. The summed E-state index contributed by atoms with van der Waals surface area (Å²) in [6.45, 7) is 8.77. The van der Waals surface area contributed by atoms with Crippen molar-refractivity contribution >= 4 is 5.69 Å². The van der Waals surface area contributed by atoms with E-state index < -0.39 is 6.10 Å². The molecule has 1 aliphatic carbocycles. The van der Waals surface area contributed by atoms with Crippen molar-refractivity contribution in [3.63, 3.8) is 0 Å². The zero-order chi connectivity index (χ0) is 14.2. The van der Waals surface area contributed by atoms with Crippen LogP contribution in [0.3, 0.4) is 0 Å². The highest BCUT2D eigenvalue weighted by molar-refractivity contribution is 5.57. The maximum Gasteiger partial charge on any atom is 0.126 e. The lowest BCUT2D eigenvalue weighted by atomic mass is 10.0. The third kappa shape index (κ3) is 3.27. The second-order valence-corrected chi connectivity index (χ2v) is 6.03. The molecule has 0 saturated heterocycles. The summed E-state index contributed by atoms with van der Waals surface area (Å²) in [5.74, 6) is 0.518. The second kappa shape index (κ2) is 5.49. The van der Waals surface area contributed by atoms with E-state index >= 15 is 0 Å². The molecule has 1 fully saturated rings. The molecule has 0 radical (unpaired) electrons. The van der Waals surface area contributed by atoms with Crippen LogP contribution in [0, 0.1) is 18.7 Å². The molecule has 1 N–H and O–H groups in total. The fourth-order valence-electron chi connectivity index (χ4n) is 2.43. The van der Waals surface area contributed by atoms with E-state index in [1.54, 1.807) is 13.8 Å². The van der Waals surface area contributed by atoms with Gasteiger partial charge in [-0.2, -0.15) is 0 Å². The number of hydrogen-bond acceptors (Lipinski definition) is 2. The standard InChI is InChI=1S/C16H24FNO/c1-10(2)18(9-13-5-6-13)16-7-11(3)15(17)8-14(16)12(4)19/h7-8,10,12-13,19H,5-6,9H2,1-4H3. The molecule has 1 aromatic rings. The van der Waals surface area contributed by atoms with Crippen molar-refractivity contribution in [2.24, 2.45) is 5.92 Å². The fourth-order valence-corrected chi connectivity index (χ4v) is 2.43. The number of hydrogen-bond donors (Lipinski definition) is 1. The average Bonchev–Trinajstić information content (AvgIpc) is 3.12. The quantitative estimate of drug-likeness (QED) is 0.875. The Bertz CT molecular complexity index is 452. The number of aliphatic hydroxyl groups is 1. The van der Waals surface area contributed by atoms with Crippen LogP contribution in [0.4, 0.5) is 10.1 Å². The number of benzene rings is 1. The van der Waals surface area contributed by atoms with Gasteiger partial charge in [0.05, 0.1) is 6.10 Å². The Labute approximate surface area is 115 Å². The lowest BCUT2D eigenvalue weighted by molar-refractivity contribution is 0.199. The van der Waals surface area contributed by atoms with Gasteiger partial charge in [-0.1, -0.05) is 0 Å². The summed E-state index contributed by atoms with van der Waals surface area (Å²) in [5.41, 5.74) is 2.31. The number of anilines is 1. The Morgan fingerprint density at radius 1 is 1.32 bits per heavy atom. The summed E-state index contributed by atoms with van der Waals surface area (Å²) >= 11 is 0. The zero-order valence-electron chi connectivity index (χ0n) is 12.3. The highest BCUT2D eigenvalue weighted by Gasteiger charge is 2.27. The predicted octanol–water partition coefficient (Wildman–Crippen LogP) is 3.81.